The molecule has 23 heavy (non-hydrogen) atoms. The Balaban J connectivity index is 2.25. The third kappa shape index (κ3) is 4.27. The fraction of sp³-hybridized carbons (Fsp3) is 0.0667. The molecule has 2 aromatic carbocycles. The third-order valence-corrected chi connectivity index (χ3v) is 2.86. The molecule has 8 nitrogen and oxygen atoms in total. The molecule has 2 aromatic rings. The van der Waals surface area contributed by atoms with E-state index in [0.717, 1.165) is 5.56 Å². The largest absolute Gasteiger partial charge is 0.482 e. The number of carbonyl (C=O) groups excluding carboxylic acids is 1. The van der Waals surface area contributed by atoms with Gasteiger partial charge in [0.15, 0.2) is 5.75 Å². The molecule has 0 radical (unpaired) electrons. The molecular formula is C15H13N3O5. The second-order valence-corrected chi connectivity index (χ2v) is 4.46. The maximum atomic E-state index is 11.1. The lowest BCUT2D eigenvalue weighted by Crippen LogP contribution is -2.18. The second kappa shape index (κ2) is 7.03. The Hall–Kier alpha value is -3.42. The van der Waals surface area contributed by atoms with Crippen LogP contribution in [0.5, 0.6) is 5.75 Å². The number of nitro groups is 1. The van der Waals surface area contributed by atoms with Crippen molar-refractivity contribution in [2.24, 2.45) is 5.73 Å². The number of benzene rings is 2. The summed E-state index contributed by atoms with van der Waals surface area (Å²) in [6, 6.07) is 12.8. The van der Waals surface area contributed by atoms with E-state index in [0.29, 0.717) is 0 Å². The molecule has 0 aliphatic rings. The highest BCUT2D eigenvalue weighted by atomic mass is 16.6. The molecule has 0 bridgehead atoms. The summed E-state index contributed by atoms with van der Waals surface area (Å²) in [4.78, 5) is 21.1. The van der Waals surface area contributed by atoms with Crippen molar-refractivity contribution >= 4 is 17.7 Å². The molecule has 0 unspecified atom stereocenters. The zero-order valence-electron chi connectivity index (χ0n) is 11.9. The normalized spacial score (nSPS) is 9.91. The molecule has 0 fully saturated rings. The van der Waals surface area contributed by atoms with Gasteiger partial charge >= 0.3 is 11.8 Å². The van der Waals surface area contributed by atoms with Crippen LogP contribution in [0, 0.1) is 15.5 Å². The standard InChI is InChI=1S/C15H13N3O5/c16-14(23-15(17)19)11-6-7-12(18(20)21)13(8-11)22-9-10-4-2-1-3-5-10/h1-8,16H,9H2,(H2,17,19). The first kappa shape index (κ1) is 16.0. The van der Waals surface area contributed by atoms with Gasteiger partial charge in [0.2, 0.25) is 5.90 Å². The van der Waals surface area contributed by atoms with Crippen LogP contribution in [-0.4, -0.2) is 16.9 Å². The van der Waals surface area contributed by atoms with Crippen molar-refractivity contribution in [3.05, 3.63) is 69.8 Å². The van der Waals surface area contributed by atoms with Crippen LogP contribution in [0.25, 0.3) is 0 Å². The fourth-order valence-electron chi connectivity index (χ4n) is 1.82. The highest BCUT2D eigenvalue weighted by Gasteiger charge is 2.18. The van der Waals surface area contributed by atoms with Gasteiger partial charge in [0.05, 0.1) is 4.92 Å². The molecule has 0 saturated carbocycles. The number of rotatable bonds is 5. The molecule has 0 aliphatic carbocycles. The molecule has 8 heteroatoms. The lowest BCUT2D eigenvalue weighted by molar-refractivity contribution is -0.385. The minimum absolute atomic E-state index is 0.0332. The first-order valence-electron chi connectivity index (χ1n) is 6.48. The Morgan fingerprint density at radius 2 is 1.91 bits per heavy atom. The summed E-state index contributed by atoms with van der Waals surface area (Å²) >= 11 is 0. The molecule has 0 atom stereocenters. The lowest BCUT2D eigenvalue weighted by Gasteiger charge is -2.09. The van der Waals surface area contributed by atoms with E-state index in [1.54, 1.807) is 0 Å². The van der Waals surface area contributed by atoms with Crippen LogP contribution < -0.4 is 10.5 Å². The molecule has 0 aromatic heterocycles. The number of carbonyl (C=O) groups is 1. The predicted molar refractivity (Wildman–Crippen MR) is 81.4 cm³/mol. The molecule has 1 amide bonds. The van der Waals surface area contributed by atoms with Crippen LogP contribution in [0.4, 0.5) is 10.5 Å². The fourth-order valence-corrected chi connectivity index (χ4v) is 1.82. The Labute approximate surface area is 131 Å². The molecule has 0 heterocycles. The zero-order valence-corrected chi connectivity index (χ0v) is 11.9. The SMILES string of the molecule is N=C(OC(N)=O)c1ccc([N+](=O)[O-])c(OCc2ccccc2)c1. The molecule has 2 rings (SSSR count). The van der Waals surface area contributed by atoms with Crippen LogP contribution in [0.3, 0.4) is 0 Å². The third-order valence-electron chi connectivity index (χ3n) is 2.86. The van der Waals surface area contributed by atoms with E-state index < -0.39 is 16.9 Å². The average Bonchev–Trinajstić information content (AvgIpc) is 2.52. The number of nitrogens with one attached hydrogen (secondary N) is 1. The van der Waals surface area contributed by atoms with Gasteiger partial charge in [-0.1, -0.05) is 30.3 Å². The Kier molecular flexibility index (Phi) is 4.88. The number of nitrogens with two attached hydrogens (primary N) is 1. The maximum absolute atomic E-state index is 11.1. The van der Waals surface area contributed by atoms with Gasteiger partial charge in [0, 0.05) is 11.6 Å². The highest BCUT2D eigenvalue weighted by molar-refractivity contribution is 5.98. The van der Waals surface area contributed by atoms with Gasteiger partial charge in [-0.3, -0.25) is 15.5 Å². The summed E-state index contributed by atoms with van der Waals surface area (Å²) in [5, 5.41) is 18.6. The predicted octanol–water partition coefficient (Wildman–Crippen LogP) is 2.59. The van der Waals surface area contributed by atoms with Crippen molar-refractivity contribution in [2.45, 2.75) is 6.61 Å². The van der Waals surface area contributed by atoms with Crippen molar-refractivity contribution in [3.8, 4) is 5.75 Å². The second-order valence-electron chi connectivity index (χ2n) is 4.46. The quantitative estimate of drug-likeness (QED) is 0.379. The number of hydrogen-bond acceptors (Lipinski definition) is 6. The number of primary amides is 1. The van der Waals surface area contributed by atoms with Crippen molar-refractivity contribution < 1.29 is 19.2 Å². The van der Waals surface area contributed by atoms with E-state index in [4.69, 9.17) is 15.9 Å². The van der Waals surface area contributed by atoms with E-state index in [2.05, 4.69) is 4.74 Å². The lowest BCUT2D eigenvalue weighted by atomic mass is 10.2. The first-order valence-corrected chi connectivity index (χ1v) is 6.48. The van der Waals surface area contributed by atoms with Crippen LogP contribution in [0.1, 0.15) is 11.1 Å². The first-order chi connectivity index (χ1) is 11.0. The minimum atomic E-state index is -1.14. The number of amides is 1. The van der Waals surface area contributed by atoms with Crippen molar-refractivity contribution in [3.63, 3.8) is 0 Å². The van der Waals surface area contributed by atoms with Gasteiger partial charge in [0.25, 0.3) is 0 Å². The summed E-state index contributed by atoms with van der Waals surface area (Å²) in [6.45, 7) is 0.120. The monoisotopic (exact) mass is 315 g/mol. The van der Waals surface area contributed by atoms with Crippen molar-refractivity contribution in [2.75, 3.05) is 0 Å². The Morgan fingerprint density at radius 3 is 2.52 bits per heavy atom. The van der Waals surface area contributed by atoms with Crippen LogP contribution in [0.2, 0.25) is 0 Å². The summed E-state index contributed by atoms with van der Waals surface area (Å²) in [5.41, 5.74) is 5.55. The van der Waals surface area contributed by atoms with Crippen LogP contribution in [0.15, 0.2) is 48.5 Å². The van der Waals surface area contributed by atoms with Gasteiger partial charge in [-0.25, -0.2) is 4.79 Å². The van der Waals surface area contributed by atoms with E-state index in [9.17, 15) is 14.9 Å². The molecule has 0 aliphatic heterocycles. The number of nitro benzene ring substituents is 1. The Bertz CT molecular complexity index is 746. The molecule has 0 spiro atoms. The van der Waals surface area contributed by atoms with Gasteiger partial charge in [-0.15, -0.1) is 0 Å². The number of ether oxygens (including phenoxy) is 2. The Morgan fingerprint density at radius 1 is 1.22 bits per heavy atom. The smallest absolute Gasteiger partial charge is 0.411 e. The van der Waals surface area contributed by atoms with Gasteiger partial charge in [-0.05, 0) is 17.7 Å². The van der Waals surface area contributed by atoms with Gasteiger partial charge in [0.1, 0.15) is 6.61 Å². The van der Waals surface area contributed by atoms with Crippen molar-refractivity contribution in [1.82, 2.24) is 0 Å². The summed E-state index contributed by atoms with van der Waals surface area (Å²) < 4.78 is 9.92. The van der Waals surface area contributed by atoms with Crippen LogP contribution in [-0.2, 0) is 11.3 Å². The van der Waals surface area contributed by atoms with Crippen LogP contribution >= 0.6 is 0 Å². The molecule has 0 saturated heterocycles. The maximum Gasteiger partial charge on any atom is 0.411 e. The average molecular weight is 315 g/mol. The topological polar surface area (TPSA) is 129 Å². The molecule has 3 N–H and O–H groups in total. The van der Waals surface area contributed by atoms with E-state index in [1.165, 1.54) is 18.2 Å². The zero-order chi connectivity index (χ0) is 16.8. The number of nitrogens with zero attached hydrogens (tertiary/aromatic N) is 1. The minimum Gasteiger partial charge on any atom is -0.482 e. The molecule has 118 valence electrons. The summed E-state index contributed by atoms with van der Waals surface area (Å²) in [7, 11) is 0. The van der Waals surface area contributed by atoms with Crippen molar-refractivity contribution in [1.29, 1.82) is 5.41 Å². The molecular weight excluding hydrogens is 302 g/mol. The number of hydrogen-bond donors (Lipinski definition) is 2. The van der Waals surface area contributed by atoms with E-state index >= 15 is 0 Å². The van der Waals surface area contributed by atoms with E-state index in [1.807, 2.05) is 30.3 Å². The highest BCUT2D eigenvalue weighted by Crippen LogP contribution is 2.29. The van der Waals surface area contributed by atoms with E-state index in [-0.39, 0.29) is 23.6 Å². The van der Waals surface area contributed by atoms with Gasteiger partial charge < -0.3 is 15.2 Å². The summed E-state index contributed by atoms with van der Waals surface area (Å²) in [6.07, 6.45) is -1.14. The summed E-state index contributed by atoms with van der Waals surface area (Å²) in [5.74, 6) is -0.550. The van der Waals surface area contributed by atoms with Gasteiger partial charge in [-0.2, -0.15) is 0 Å².